The molecule has 0 saturated heterocycles. The van der Waals surface area contributed by atoms with Gasteiger partial charge in [0.05, 0.1) is 25.2 Å². The minimum atomic E-state index is -0.447. The maximum Gasteiger partial charge on any atom is 0.331 e. The number of benzene rings is 2. The number of aromatic hydroxyl groups is 1. The van der Waals surface area contributed by atoms with Crippen molar-refractivity contribution in [1.29, 1.82) is 0 Å². The van der Waals surface area contributed by atoms with E-state index in [0.29, 0.717) is 36.0 Å². The predicted molar refractivity (Wildman–Crippen MR) is 143 cm³/mol. The van der Waals surface area contributed by atoms with Crippen LogP contribution in [0, 0.1) is 0 Å². The molecule has 36 heavy (non-hydrogen) atoms. The molecular formula is C27H34ClNO6S. The number of hydrogen-bond donors (Lipinski definition) is 1. The van der Waals surface area contributed by atoms with Gasteiger partial charge in [0.25, 0.3) is 0 Å². The Hall–Kier alpha value is -2.71. The lowest BCUT2D eigenvalue weighted by atomic mass is 10.00. The molecule has 0 atom stereocenters. The van der Waals surface area contributed by atoms with Crippen molar-refractivity contribution >= 4 is 41.5 Å². The van der Waals surface area contributed by atoms with Crippen molar-refractivity contribution in [2.75, 3.05) is 19.5 Å². The molecular weight excluding hydrogens is 502 g/mol. The molecule has 0 unspecified atom stereocenters. The van der Waals surface area contributed by atoms with Gasteiger partial charge in [-0.25, -0.2) is 4.79 Å². The molecule has 0 fully saturated rings. The van der Waals surface area contributed by atoms with Gasteiger partial charge in [0.15, 0.2) is 0 Å². The zero-order chi connectivity index (χ0) is 26.3. The summed E-state index contributed by atoms with van der Waals surface area (Å²) in [5.41, 5.74) is 2.52. The summed E-state index contributed by atoms with van der Waals surface area (Å²) in [6.07, 6.45) is 6.28. The molecule has 1 N–H and O–H groups in total. The number of unbranched alkanes of at least 4 members (excludes halogenated alkanes) is 1. The molecule has 196 valence electrons. The number of hydrogen-bond acceptors (Lipinski definition) is 8. The fourth-order valence-electron chi connectivity index (χ4n) is 3.48. The van der Waals surface area contributed by atoms with E-state index in [4.69, 9.17) is 21.1 Å². The van der Waals surface area contributed by atoms with E-state index in [1.807, 2.05) is 24.3 Å². The second-order valence-corrected chi connectivity index (χ2v) is 9.68. The van der Waals surface area contributed by atoms with E-state index in [2.05, 4.69) is 16.9 Å². The number of carbonyl (C=O) groups is 2. The van der Waals surface area contributed by atoms with Crippen molar-refractivity contribution in [2.45, 2.75) is 63.7 Å². The van der Waals surface area contributed by atoms with Crippen LogP contribution in [0.15, 0.2) is 40.4 Å². The third-order valence-electron chi connectivity index (χ3n) is 5.23. The van der Waals surface area contributed by atoms with E-state index in [-0.39, 0.29) is 12.4 Å². The van der Waals surface area contributed by atoms with Crippen LogP contribution < -0.4 is 4.74 Å². The molecule has 0 aromatic heterocycles. The Bertz CT molecular complexity index is 1040. The van der Waals surface area contributed by atoms with Crippen LogP contribution in [0.5, 0.6) is 11.5 Å². The number of nitrogens with zero attached hydrogens (tertiary/aromatic N) is 1. The highest BCUT2D eigenvalue weighted by Crippen LogP contribution is 2.34. The highest BCUT2D eigenvalue weighted by Gasteiger charge is 2.13. The van der Waals surface area contributed by atoms with Crippen molar-refractivity contribution in [3.63, 3.8) is 0 Å². The summed E-state index contributed by atoms with van der Waals surface area (Å²) in [7, 11) is 1.37. The van der Waals surface area contributed by atoms with Crippen molar-refractivity contribution in [2.24, 2.45) is 5.16 Å². The normalized spacial score (nSPS) is 11.0. The molecule has 0 bridgehead atoms. The second kappa shape index (κ2) is 16.1. The Morgan fingerprint density at radius 2 is 1.97 bits per heavy atom. The number of aryl methyl sites for hydroxylation is 1. The first kappa shape index (κ1) is 29.5. The van der Waals surface area contributed by atoms with Gasteiger partial charge in [-0.1, -0.05) is 42.2 Å². The largest absolute Gasteiger partial charge is 0.507 e. The van der Waals surface area contributed by atoms with Crippen LogP contribution in [0.2, 0.25) is 5.02 Å². The number of oxime groups is 1. The standard InChI is InChI=1S/C27H34ClNO6S/c1-4-8-22-24(12-11-21(27(22)32)9-5-6-14-29-35-19(2)30)34-15-7-16-36-25-13-10-20(17-23(25)28)18-26(31)33-3/h10-14,17,32H,4-9,15-16,18H2,1-3H3. The molecule has 0 aliphatic carbocycles. The Labute approximate surface area is 222 Å². The van der Waals surface area contributed by atoms with E-state index >= 15 is 0 Å². The summed E-state index contributed by atoms with van der Waals surface area (Å²) in [5, 5.41) is 15.0. The lowest BCUT2D eigenvalue weighted by Gasteiger charge is -2.15. The summed E-state index contributed by atoms with van der Waals surface area (Å²) in [5.74, 6) is 1.08. The van der Waals surface area contributed by atoms with Crippen LogP contribution in [0.4, 0.5) is 0 Å². The summed E-state index contributed by atoms with van der Waals surface area (Å²) in [6, 6.07) is 9.43. The highest BCUT2D eigenvalue weighted by molar-refractivity contribution is 7.99. The number of thioether (sulfide) groups is 1. The van der Waals surface area contributed by atoms with E-state index < -0.39 is 5.97 Å². The number of ether oxygens (including phenoxy) is 2. The Kier molecular flexibility index (Phi) is 13.2. The summed E-state index contributed by atoms with van der Waals surface area (Å²) in [4.78, 5) is 27.6. The van der Waals surface area contributed by atoms with E-state index in [9.17, 15) is 14.7 Å². The van der Waals surface area contributed by atoms with Gasteiger partial charge in [0, 0.05) is 29.4 Å². The SMILES string of the molecule is CCCc1c(OCCCSc2ccc(CC(=O)OC)cc2Cl)ccc(CCCC=NOC(C)=O)c1O. The summed E-state index contributed by atoms with van der Waals surface area (Å²) >= 11 is 8.00. The molecule has 0 saturated carbocycles. The average molecular weight is 536 g/mol. The Balaban J connectivity index is 1.84. The topological polar surface area (TPSA) is 94.4 Å². The van der Waals surface area contributed by atoms with Gasteiger partial charge >= 0.3 is 11.9 Å². The maximum atomic E-state index is 11.4. The van der Waals surface area contributed by atoms with Crippen molar-refractivity contribution in [3.05, 3.63) is 52.0 Å². The number of phenols is 1. The van der Waals surface area contributed by atoms with Crippen molar-refractivity contribution in [1.82, 2.24) is 0 Å². The van der Waals surface area contributed by atoms with Gasteiger partial charge in [-0.05, 0) is 61.4 Å². The van der Waals surface area contributed by atoms with Crippen LogP contribution in [0.3, 0.4) is 0 Å². The first-order chi connectivity index (χ1) is 17.3. The summed E-state index contributed by atoms with van der Waals surface area (Å²) < 4.78 is 10.7. The van der Waals surface area contributed by atoms with Crippen LogP contribution in [-0.4, -0.2) is 42.7 Å². The molecule has 0 spiro atoms. The molecule has 0 aliphatic rings. The third-order valence-corrected chi connectivity index (χ3v) is 6.82. The molecule has 9 heteroatoms. The molecule has 2 aromatic rings. The number of esters is 1. The Morgan fingerprint density at radius 3 is 2.67 bits per heavy atom. The minimum Gasteiger partial charge on any atom is -0.507 e. The van der Waals surface area contributed by atoms with E-state index in [1.54, 1.807) is 24.0 Å². The summed E-state index contributed by atoms with van der Waals surface area (Å²) in [6.45, 7) is 3.89. The van der Waals surface area contributed by atoms with Crippen LogP contribution in [-0.2, 0) is 38.4 Å². The van der Waals surface area contributed by atoms with Gasteiger partial charge in [-0.15, -0.1) is 11.8 Å². The molecule has 0 heterocycles. The zero-order valence-corrected chi connectivity index (χ0v) is 22.6. The maximum absolute atomic E-state index is 11.4. The van der Waals surface area contributed by atoms with Gasteiger partial charge in [-0.2, -0.15) is 0 Å². The number of halogens is 1. The van der Waals surface area contributed by atoms with E-state index in [1.165, 1.54) is 14.0 Å². The fourth-order valence-corrected chi connectivity index (χ4v) is 4.69. The van der Waals surface area contributed by atoms with Gasteiger partial charge in [0.2, 0.25) is 0 Å². The predicted octanol–water partition coefficient (Wildman–Crippen LogP) is 6.15. The van der Waals surface area contributed by atoms with Crippen molar-refractivity contribution in [3.8, 4) is 11.5 Å². The van der Waals surface area contributed by atoms with Crippen molar-refractivity contribution < 1.29 is 29.0 Å². The lowest BCUT2D eigenvalue weighted by molar-refractivity contribution is -0.141. The lowest BCUT2D eigenvalue weighted by Crippen LogP contribution is -2.04. The average Bonchev–Trinajstić information content (AvgIpc) is 2.85. The van der Waals surface area contributed by atoms with Gasteiger partial charge < -0.3 is 19.4 Å². The van der Waals surface area contributed by atoms with E-state index in [0.717, 1.165) is 53.0 Å². The molecule has 2 aromatic carbocycles. The molecule has 0 amide bonds. The Morgan fingerprint density at radius 1 is 1.17 bits per heavy atom. The monoisotopic (exact) mass is 535 g/mol. The first-order valence-corrected chi connectivity index (χ1v) is 13.4. The molecule has 0 radical (unpaired) electrons. The zero-order valence-electron chi connectivity index (χ0n) is 21.0. The first-order valence-electron chi connectivity index (χ1n) is 12.0. The minimum absolute atomic E-state index is 0.199. The molecule has 7 nitrogen and oxygen atoms in total. The smallest absolute Gasteiger partial charge is 0.331 e. The highest BCUT2D eigenvalue weighted by atomic mass is 35.5. The fraction of sp³-hybridized carbons (Fsp3) is 0.444. The number of carbonyl (C=O) groups excluding carboxylic acids is 2. The van der Waals surface area contributed by atoms with Crippen LogP contribution in [0.25, 0.3) is 0 Å². The van der Waals surface area contributed by atoms with Crippen LogP contribution in [0.1, 0.15) is 56.2 Å². The van der Waals surface area contributed by atoms with Gasteiger partial charge in [0.1, 0.15) is 11.5 Å². The van der Waals surface area contributed by atoms with Crippen LogP contribution >= 0.6 is 23.4 Å². The third kappa shape index (κ3) is 10.1. The second-order valence-electron chi connectivity index (χ2n) is 8.13. The number of methoxy groups -OCH3 is 1. The van der Waals surface area contributed by atoms with Gasteiger partial charge in [-0.3, -0.25) is 4.79 Å². The number of phenolic OH excluding ortho intramolecular Hbond substituents is 1. The quantitative estimate of drug-likeness (QED) is 0.0730. The molecule has 0 aliphatic heterocycles. The molecule has 2 rings (SSSR count). The number of rotatable bonds is 15.